The molecule has 2 aromatic carbocycles. The zero-order chi connectivity index (χ0) is 34.9. The summed E-state index contributed by atoms with van der Waals surface area (Å²) in [6, 6.07) is 3.21. The van der Waals surface area contributed by atoms with Crippen LogP contribution in [0.4, 0.5) is 0 Å². The molecular weight excluding hydrogens is 620 g/mol. The van der Waals surface area contributed by atoms with E-state index < -0.39 is 91.3 Å². The summed E-state index contributed by atoms with van der Waals surface area (Å²) in [5.41, 5.74) is 0.621. The Balaban J connectivity index is 1.65. The van der Waals surface area contributed by atoms with Crippen LogP contribution in [0.1, 0.15) is 55.6 Å². The van der Waals surface area contributed by atoms with Gasteiger partial charge in [-0.15, -0.1) is 0 Å². The highest BCUT2D eigenvalue weighted by molar-refractivity contribution is 6.11. The fourth-order valence-corrected chi connectivity index (χ4v) is 6.44. The molecule has 1 saturated heterocycles. The summed E-state index contributed by atoms with van der Waals surface area (Å²) in [5.74, 6) is -2.44. The predicted molar refractivity (Wildman–Crippen MR) is 165 cm³/mol. The molecule has 4 rings (SSSR count). The van der Waals surface area contributed by atoms with Crippen LogP contribution in [0.2, 0.25) is 0 Å². The maximum atomic E-state index is 13.6. The monoisotopic (exact) mass is 666 g/mol. The normalized spacial score (nSPS) is 27.9. The number of ether oxygens (including phenoxy) is 6. The second kappa shape index (κ2) is 15.1. The van der Waals surface area contributed by atoms with Gasteiger partial charge in [0.1, 0.15) is 41.7 Å². The average Bonchev–Trinajstić information content (AvgIpc) is 3.01. The second-order valence-corrected chi connectivity index (χ2v) is 12.3. The van der Waals surface area contributed by atoms with Crippen LogP contribution >= 0.6 is 0 Å². The molecule has 1 aliphatic heterocycles. The number of aliphatic hydroxyl groups excluding tert-OH is 4. The number of rotatable bonds is 13. The van der Waals surface area contributed by atoms with Crippen LogP contribution in [-0.4, -0.2) is 124 Å². The molecular formula is C33H46O14. The van der Waals surface area contributed by atoms with Gasteiger partial charge in [-0.1, -0.05) is 0 Å². The van der Waals surface area contributed by atoms with Crippen molar-refractivity contribution < 1.29 is 68.6 Å². The molecule has 1 fully saturated rings. The molecule has 0 bridgehead atoms. The third-order valence-corrected chi connectivity index (χ3v) is 9.10. The molecule has 0 radical (unpaired) electrons. The van der Waals surface area contributed by atoms with Crippen LogP contribution in [0.3, 0.4) is 0 Å². The van der Waals surface area contributed by atoms with Crippen molar-refractivity contribution in [3.8, 4) is 17.2 Å². The number of ketones is 2. The minimum Gasteiger partial charge on any atom is -0.507 e. The van der Waals surface area contributed by atoms with E-state index in [4.69, 9.17) is 33.5 Å². The number of hydrogen-bond acceptors (Lipinski definition) is 14. The van der Waals surface area contributed by atoms with Gasteiger partial charge in [-0.3, -0.25) is 9.59 Å². The van der Waals surface area contributed by atoms with Crippen molar-refractivity contribution in [2.75, 3.05) is 20.8 Å². The lowest BCUT2D eigenvalue weighted by Crippen LogP contribution is -2.51. The molecule has 1 heterocycles. The quantitative estimate of drug-likeness (QED) is 0.166. The summed E-state index contributed by atoms with van der Waals surface area (Å²) >= 11 is 0. The Kier molecular flexibility index (Phi) is 11.9. The highest BCUT2D eigenvalue weighted by Gasteiger charge is 2.45. The summed E-state index contributed by atoms with van der Waals surface area (Å²) in [6.45, 7) is 7.13. The number of carbonyl (C=O) groups is 2. The lowest BCUT2D eigenvalue weighted by Gasteiger charge is -2.39. The molecule has 2 aromatic rings. The highest BCUT2D eigenvalue weighted by Crippen LogP contribution is 2.46. The largest absolute Gasteiger partial charge is 0.507 e. The summed E-state index contributed by atoms with van der Waals surface area (Å²) < 4.78 is 34.5. The number of carbonyl (C=O) groups excluding carboxylic acids is 2. The van der Waals surface area contributed by atoms with Gasteiger partial charge in [-0.2, -0.15) is 0 Å². The number of Topliss-reactive ketones (excluding diaryl/α,β-unsaturated/α-hetero) is 2. The van der Waals surface area contributed by atoms with Gasteiger partial charge >= 0.3 is 0 Å². The number of methoxy groups -OCH3 is 2. The van der Waals surface area contributed by atoms with E-state index in [1.54, 1.807) is 39.8 Å². The van der Waals surface area contributed by atoms with E-state index in [0.29, 0.717) is 10.9 Å². The summed E-state index contributed by atoms with van der Waals surface area (Å²) in [6.07, 6.45) is -9.71. The van der Waals surface area contributed by atoms with Gasteiger partial charge in [-0.25, -0.2) is 0 Å². The molecule has 0 aromatic heterocycles. The minimum atomic E-state index is -1.51. The average molecular weight is 667 g/mol. The Bertz CT molecular complexity index is 1440. The molecule has 4 unspecified atom stereocenters. The van der Waals surface area contributed by atoms with Crippen molar-refractivity contribution in [2.45, 2.75) is 109 Å². The zero-order valence-corrected chi connectivity index (χ0v) is 27.6. The van der Waals surface area contributed by atoms with Crippen molar-refractivity contribution in [3.05, 3.63) is 28.8 Å². The van der Waals surface area contributed by atoms with E-state index >= 15 is 0 Å². The molecule has 14 nitrogen and oxygen atoms in total. The predicted octanol–water partition coefficient (Wildman–Crippen LogP) is 1.26. The lowest BCUT2D eigenvalue weighted by atomic mass is 9.75. The van der Waals surface area contributed by atoms with Crippen molar-refractivity contribution in [2.24, 2.45) is 5.92 Å². The smallest absolute Gasteiger partial charge is 0.202 e. The van der Waals surface area contributed by atoms with Gasteiger partial charge < -0.3 is 59.1 Å². The van der Waals surface area contributed by atoms with Crippen LogP contribution in [0, 0.1) is 12.8 Å². The molecule has 14 heteroatoms. The van der Waals surface area contributed by atoms with Gasteiger partial charge in [0.25, 0.3) is 0 Å². The topological polar surface area (TPSA) is 211 Å². The van der Waals surface area contributed by atoms with Crippen molar-refractivity contribution in [1.29, 1.82) is 0 Å². The van der Waals surface area contributed by atoms with Crippen LogP contribution in [0.25, 0.3) is 10.8 Å². The Morgan fingerprint density at radius 1 is 1.13 bits per heavy atom. The summed E-state index contributed by atoms with van der Waals surface area (Å²) in [4.78, 5) is 25.6. The fraction of sp³-hybridized carbons (Fsp3) is 0.636. The number of benzene rings is 2. The van der Waals surface area contributed by atoms with Crippen molar-refractivity contribution >= 4 is 22.3 Å². The SMILES string of the molecule is CO[C@@H]([C@@H]1Cc2cc3cc(O[C@H]4CC(OC(C)OC(C)[C@@H](O)CO)[C@H](O)C(C)O4)c(C)c(O)c3c(O)c2C(=O)[C@H]1OC)[C@@H](O)C(C)=O. The van der Waals surface area contributed by atoms with Crippen LogP contribution in [0.5, 0.6) is 17.2 Å². The molecule has 47 heavy (non-hydrogen) atoms. The minimum absolute atomic E-state index is 0.0297. The number of fused-ring (bicyclic) bond motifs is 2. The highest BCUT2D eigenvalue weighted by atomic mass is 16.7. The first-order valence-electron chi connectivity index (χ1n) is 15.5. The molecule has 11 atom stereocenters. The van der Waals surface area contributed by atoms with Gasteiger partial charge in [0.15, 0.2) is 17.9 Å². The zero-order valence-electron chi connectivity index (χ0n) is 27.6. The van der Waals surface area contributed by atoms with E-state index in [9.17, 15) is 35.1 Å². The third kappa shape index (κ3) is 7.41. The first-order valence-corrected chi connectivity index (χ1v) is 15.5. The number of hydrogen-bond donors (Lipinski definition) is 6. The fourth-order valence-electron chi connectivity index (χ4n) is 6.44. The summed E-state index contributed by atoms with van der Waals surface area (Å²) in [5, 5.41) is 63.2. The number of aromatic hydroxyl groups is 2. The Morgan fingerprint density at radius 2 is 1.81 bits per heavy atom. The Morgan fingerprint density at radius 3 is 2.40 bits per heavy atom. The van der Waals surface area contributed by atoms with Gasteiger partial charge in [-0.05, 0) is 64.1 Å². The van der Waals surface area contributed by atoms with Crippen LogP contribution in [-0.2, 0) is 34.9 Å². The Hall–Kier alpha value is -2.92. The van der Waals surface area contributed by atoms with E-state index in [1.165, 1.54) is 21.1 Å². The first kappa shape index (κ1) is 36.9. The summed E-state index contributed by atoms with van der Waals surface area (Å²) in [7, 11) is 2.64. The first-order chi connectivity index (χ1) is 22.1. The second-order valence-electron chi connectivity index (χ2n) is 12.3. The maximum absolute atomic E-state index is 13.6. The van der Waals surface area contributed by atoms with Gasteiger partial charge in [0, 0.05) is 32.1 Å². The number of phenols is 2. The van der Waals surface area contributed by atoms with E-state index in [1.807, 2.05) is 0 Å². The molecule has 6 N–H and O–H groups in total. The van der Waals surface area contributed by atoms with E-state index in [2.05, 4.69) is 0 Å². The van der Waals surface area contributed by atoms with Crippen LogP contribution in [0.15, 0.2) is 12.1 Å². The standard InChI is InChI=1S/C33H46O14/c1-13-22(47-24-11-23(29(39)16(4)45-24)46-17(5)44-15(3)21(36)12-34)10-19-8-18-9-20(32(42-6)28(38)14(2)35)33(43-7)31(41)26(18)30(40)25(19)27(13)37/h8,10,15-17,20-21,23-24,28-29,32-34,36-40H,9,11-12H2,1-7H3/t15?,16?,17?,20-,21-,23?,24-,28-,29+,32-,33-/m0/s1. The van der Waals surface area contributed by atoms with Crippen molar-refractivity contribution in [1.82, 2.24) is 0 Å². The van der Waals surface area contributed by atoms with E-state index in [0.717, 1.165) is 0 Å². The van der Waals surface area contributed by atoms with Crippen LogP contribution < -0.4 is 4.74 Å². The maximum Gasteiger partial charge on any atom is 0.202 e. The molecule has 0 spiro atoms. The molecule has 2 aliphatic rings. The molecule has 0 amide bonds. The molecule has 262 valence electrons. The van der Waals surface area contributed by atoms with Gasteiger partial charge in [0.2, 0.25) is 6.29 Å². The number of phenolic OH excluding ortho intramolecular Hbond substituents is 2. The Labute approximate surface area is 272 Å². The molecule has 0 saturated carbocycles. The lowest BCUT2D eigenvalue weighted by molar-refractivity contribution is -0.271. The van der Waals surface area contributed by atoms with Crippen molar-refractivity contribution in [3.63, 3.8) is 0 Å². The molecule has 1 aliphatic carbocycles. The number of aliphatic hydroxyl groups is 4. The van der Waals surface area contributed by atoms with Gasteiger partial charge in [0.05, 0.1) is 42.0 Å². The van der Waals surface area contributed by atoms with E-state index in [-0.39, 0.29) is 40.9 Å². The third-order valence-electron chi connectivity index (χ3n) is 9.10.